The number of aliphatic hydroxyl groups is 1. The summed E-state index contributed by atoms with van der Waals surface area (Å²) in [5, 5.41) is 9.39. The Bertz CT molecular complexity index is 478. The van der Waals surface area contributed by atoms with Crippen molar-refractivity contribution in [2.45, 2.75) is 32.8 Å². The second-order valence-electron chi connectivity index (χ2n) is 5.41. The maximum atomic E-state index is 9.39. The number of aliphatic hydroxyl groups excluding tert-OH is 1. The van der Waals surface area contributed by atoms with E-state index in [1.54, 1.807) is 0 Å². The van der Waals surface area contributed by atoms with Crippen LogP contribution in [0, 0.1) is 0 Å². The lowest BCUT2D eigenvalue weighted by atomic mass is 9.82. The summed E-state index contributed by atoms with van der Waals surface area (Å²) >= 11 is 0. The van der Waals surface area contributed by atoms with E-state index in [1.807, 2.05) is 12.1 Å². The molecule has 0 atom stereocenters. The van der Waals surface area contributed by atoms with Crippen molar-refractivity contribution in [3.63, 3.8) is 0 Å². The van der Waals surface area contributed by atoms with Gasteiger partial charge in [0.15, 0.2) is 0 Å². The van der Waals surface area contributed by atoms with E-state index >= 15 is 0 Å². The summed E-state index contributed by atoms with van der Waals surface area (Å²) in [5.74, 6) is 0. The van der Waals surface area contributed by atoms with Gasteiger partial charge in [0, 0.05) is 0 Å². The minimum Gasteiger partial charge on any atom is -0.392 e. The molecule has 1 aromatic carbocycles. The van der Waals surface area contributed by atoms with E-state index in [-0.39, 0.29) is 12.0 Å². The average Bonchev–Trinajstić information content (AvgIpc) is 2.80. The van der Waals surface area contributed by atoms with Crippen LogP contribution in [0.15, 0.2) is 35.3 Å². The quantitative estimate of drug-likeness (QED) is 0.831. The molecule has 17 heavy (non-hydrogen) atoms. The third-order valence-electron chi connectivity index (χ3n) is 3.03. The summed E-state index contributed by atoms with van der Waals surface area (Å²) in [6, 6.07) is 6.19. The van der Waals surface area contributed by atoms with E-state index in [2.05, 4.69) is 44.0 Å². The van der Waals surface area contributed by atoms with Gasteiger partial charge in [-0.3, -0.25) is 4.99 Å². The topological polar surface area (TPSA) is 32.6 Å². The van der Waals surface area contributed by atoms with Crippen LogP contribution in [0.5, 0.6) is 0 Å². The van der Waals surface area contributed by atoms with Crippen molar-refractivity contribution in [3.05, 3.63) is 47.0 Å². The van der Waals surface area contributed by atoms with Gasteiger partial charge in [0.2, 0.25) is 0 Å². The lowest BCUT2D eigenvalue weighted by Crippen LogP contribution is -2.15. The smallest absolute Gasteiger partial charge is 0.0684 e. The van der Waals surface area contributed by atoms with Gasteiger partial charge in [-0.1, -0.05) is 39.0 Å². The zero-order chi connectivity index (χ0) is 12.5. The van der Waals surface area contributed by atoms with Crippen LogP contribution in [-0.4, -0.2) is 17.4 Å². The van der Waals surface area contributed by atoms with Gasteiger partial charge in [-0.25, -0.2) is 0 Å². The molecule has 1 aliphatic heterocycles. The van der Waals surface area contributed by atoms with Crippen molar-refractivity contribution in [1.82, 2.24) is 0 Å². The van der Waals surface area contributed by atoms with Gasteiger partial charge in [0.25, 0.3) is 0 Å². The number of hydrogen-bond donors (Lipinski definition) is 1. The zero-order valence-electron chi connectivity index (χ0n) is 10.7. The van der Waals surface area contributed by atoms with E-state index in [0.29, 0.717) is 0 Å². The number of aliphatic imine (C=N–C) groups is 1. The largest absolute Gasteiger partial charge is 0.392 e. The lowest BCUT2D eigenvalue weighted by molar-refractivity contribution is 0.278. The normalized spacial score (nSPS) is 15.2. The van der Waals surface area contributed by atoms with Crippen LogP contribution in [-0.2, 0) is 12.0 Å². The van der Waals surface area contributed by atoms with Crippen molar-refractivity contribution in [3.8, 4) is 0 Å². The highest BCUT2D eigenvalue weighted by molar-refractivity contribution is 6.10. The molecule has 0 spiro atoms. The van der Waals surface area contributed by atoms with Gasteiger partial charge in [-0.05, 0) is 34.2 Å². The Morgan fingerprint density at radius 1 is 1.29 bits per heavy atom. The van der Waals surface area contributed by atoms with Crippen LogP contribution in [0.25, 0.3) is 0 Å². The molecule has 0 saturated carbocycles. The summed E-state index contributed by atoms with van der Waals surface area (Å²) in [7, 11) is 0. The molecule has 0 unspecified atom stereocenters. The number of allylic oxidation sites excluding steroid dienone is 1. The molecule has 0 amide bonds. The zero-order valence-corrected chi connectivity index (χ0v) is 10.7. The van der Waals surface area contributed by atoms with Crippen molar-refractivity contribution < 1.29 is 5.11 Å². The predicted octanol–water partition coefficient (Wildman–Crippen LogP) is 2.84. The number of nitrogens with zero attached hydrogens (tertiary/aromatic N) is 1. The highest BCUT2D eigenvalue weighted by Crippen LogP contribution is 2.27. The molecule has 0 fully saturated rings. The van der Waals surface area contributed by atoms with Crippen LogP contribution >= 0.6 is 0 Å². The molecule has 2 rings (SSSR count). The SMILES string of the molecule is CC(C)(C)c1cc(C2=NCC=C2)ccc1CO. The van der Waals surface area contributed by atoms with Gasteiger partial charge in [0.1, 0.15) is 0 Å². The Hall–Kier alpha value is -1.41. The second kappa shape index (κ2) is 4.46. The molecular weight excluding hydrogens is 210 g/mol. The molecule has 0 aliphatic carbocycles. The first-order chi connectivity index (χ1) is 8.02. The summed E-state index contributed by atoms with van der Waals surface area (Å²) in [5.41, 5.74) is 4.42. The molecule has 90 valence electrons. The van der Waals surface area contributed by atoms with Crippen LogP contribution < -0.4 is 0 Å². The third-order valence-corrected chi connectivity index (χ3v) is 3.03. The first kappa shape index (κ1) is 12.1. The monoisotopic (exact) mass is 229 g/mol. The lowest BCUT2D eigenvalue weighted by Gasteiger charge is -2.23. The molecule has 0 bridgehead atoms. The van der Waals surface area contributed by atoms with Crippen LogP contribution in [0.1, 0.15) is 37.5 Å². The average molecular weight is 229 g/mol. The predicted molar refractivity (Wildman–Crippen MR) is 71.6 cm³/mol. The molecule has 1 aliphatic rings. The van der Waals surface area contributed by atoms with E-state index in [0.717, 1.165) is 23.4 Å². The van der Waals surface area contributed by atoms with E-state index in [4.69, 9.17) is 0 Å². The van der Waals surface area contributed by atoms with Crippen molar-refractivity contribution in [2.75, 3.05) is 6.54 Å². The van der Waals surface area contributed by atoms with Gasteiger partial charge in [-0.2, -0.15) is 0 Å². The maximum Gasteiger partial charge on any atom is 0.0684 e. The minimum atomic E-state index is 0.0386. The fourth-order valence-electron chi connectivity index (χ4n) is 2.13. The van der Waals surface area contributed by atoms with Gasteiger partial charge in [-0.15, -0.1) is 0 Å². The van der Waals surface area contributed by atoms with Crippen LogP contribution in [0.2, 0.25) is 0 Å². The fraction of sp³-hybridized carbons (Fsp3) is 0.400. The maximum absolute atomic E-state index is 9.39. The molecule has 1 aromatic rings. The molecule has 0 saturated heterocycles. The second-order valence-corrected chi connectivity index (χ2v) is 5.41. The highest BCUT2D eigenvalue weighted by atomic mass is 16.3. The summed E-state index contributed by atoms with van der Waals surface area (Å²) in [4.78, 5) is 4.43. The Balaban J connectivity index is 2.48. The van der Waals surface area contributed by atoms with E-state index in [9.17, 15) is 5.11 Å². The Morgan fingerprint density at radius 3 is 2.59 bits per heavy atom. The summed E-state index contributed by atoms with van der Waals surface area (Å²) in [6.45, 7) is 7.36. The number of hydrogen-bond acceptors (Lipinski definition) is 2. The van der Waals surface area contributed by atoms with Crippen molar-refractivity contribution in [1.29, 1.82) is 0 Å². The van der Waals surface area contributed by atoms with Crippen LogP contribution in [0.4, 0.5) is 0 Å². The molecule has 2 nitrogen and oxygen atoms in total. The van der Waals surface area contributed by atoms with Gasteiger partial charge >= 0.3 is 0 Å². The van der Waals surface area contributed by atoms with Crippen molar-refractivity contribution in [2.24, 2.45) is 4.99 Å². The molecule has 1 heterocycles. The van der Waals surface area contributed by atoms with E-state index < -0.39 is 0 Å². The molecule has 0 radical (unpaired) electrons. The molecule has 1 N–H and O–H groups in total. The van der Waals surface area contributed by atoms with Gasteiger partial charge in [0.05, 0.1) is 18.9 Å². The standard InChI is InChI=1S/C15H19NO/c1-15(2,3)13-9-11(6-7-12(13)10-17)14-5-4-8-16-14/h4-7,9,17H,8,10H2,1-3H3. The van der Waals surface area contributed by atoms with Crippen LogP contribution in [0.3, 0.4) is 0 Å². The summed E-state index contributed by atoms with van der Waals surface area (Å²) in [6.07, 6.45) is 4.12. The highest BCUT2D eigenvalue weighted by Gasteiger charge is 2.19. The van der Waals surface area contributed by atoms with Gasteiger partial charge < -0.3 is 5.11 Å². The first-order valence-electron chi connectivity index (χ1n) is 5.98. The molecule has 0 aromatic heterocycles. The minimum absolute atomic E-state index is 0.0386. The number of rotatable bonds is 2. The fourth-order valence-corrected chi connectivity index (χ4v) is 2.13. The Labute approximate surface area is 103 Å². The molecule has 2 heteroatoms. The first-order valence-corrected chi connectivity index (χ1v) is 5.98. The summed E-state index contributed by atoms with van der Waals surface area (Å²) < 4.78 is 0. The Kier molecular flexibility index (Phi) is 3.16. The van der Waals surface area contributed by atoms with Crippen molar-refractivity contribution >= 4 is 5.71 Å². The van der Waals surface area contributed by atoms with E-state index in [1.165, 1.54) is 5.56 Å². The number of benzene rings is 1. The molecular formula is C15H19NO. The third kappa shape index (κ3) is 2.47. The Morgan fingerprint density at radius 2 is 2.06 bits per heavy atom.